The first kappa shape index (κ1) is 18.1. The van der Waals surface area contributed by atoms with Gasteiger partial charge in [-0.15, -0.1) is 0 Å². The summed E-state index contributed by atoms with van der Waals surface area (Å²) in [5.41, 5.74) is 1.10. The van der Waals surface area contributed by atoms with Gasteiger partial charge in [0, 0.05) is 11.8 Å². The molecular formula is C20H17N3O4. The third-order valence-electron chi connectivity index (χ3n) is 3.64. The Morgan fingerprint density at radius 1 is 0.926 bits per heavy atom. The minimum atomic E-state index is -0.778. The third-order valence-corrected chi connectivity index (χ3v) is 3.64. The fourth-order valence-corrected chi connectivity index (χ4v) is 2.35. The Kier molecular flexibility index (Phi) is 5.73. The minimum Gasteiger partial charge on any atom is -0.451 e. The Balaban J connectivity index is 1.62. The van der Waals surface area contributed by atoms with E-state index in [-0.39, 0.29) is 17.8 Å². The summed E-state index contributed by atoms with van der Waals surface area (Å²) in [4.78, 5) is 35.9. The zero-order valence-corrected chi connectivity index (χ0v) is 14.4. The monoisotopic (exact) mass is 363 g/mol. The minimum absolute atomic E-state index is 0.0435. The van der Waals surface area contributed by atoms with Gasteiger partial charge >= 0.3 is 5.97 Å². The van der Waals surface area contributed by atoms with Crippen LogP contribution in [0.1, 0.15) is 16.1 Å². The summed E-state index contributed by atoms with van der Waals surface area (Å²) in [5.74, 6) is -1.24. The van der Waals surface area contributed by atoms with Gasteiger partial charge in [0.05, 0.1) is 6.54 Å². The third kappa shape index (κ3) is 5.12. The van der Waals surface area contributed by atoms with E-state index in [1.807, 2.05) is 36.4 Å². The fourth-order valence-electron chi connectivity index (χ4n) is 2.35. The number of carbonyl (C=O) groups excluding carboxylic acids is 2. The van der Waals surface area contributed by atoms with Gasteiger partial charge in [-0.25, -0.2) is 9.48 Å². The summed E-state index contributed by atoms with van der Waals surface area (Å²) in [6.45, 7) is -0.220. The number of esters is 1. The highest BCUT2D eigenvalue weighted by molar-refractivity contribution is 5.94. The zero-order valence-electron chi connectivity index (χ0n) is 14.4. The molecule has 0 aliphatic heterocycles. The molecule has 1 heterocycles. The average Bonchev–Trinajstić information content (AvgIpc) is 2.69. The zero-order chi connectivity index (χ0) is 19.1. The lowest BCUT2D eigenvalue weighted by Gasteiger charge is -2.08. The first-order valence-electron chi connectivity index (χ1n) is 8.26. The number of carbonyl (C=O) groups is 2. The Morgan fingerprint density at radius 3 is 2.30 bits per heavy atom. The quantitative estimate of drug-likeness (QED) is 0.677. The number of hydrogen-bond acceptors (Lipinski definition) is 5. The summed E-state index contributed by atoms with van der Waals surface area (Å²) >= 11 is 0. The normalized spacial score (nSPS) is 10.2. The molecule has 0 aliphatic rings. The molecule has 0 spiro atoms. The van der Waals surface area contributed by atoms with Crippen molar-refractivity contribution in [2.24, 2.45) is 0 Å². The van der Waals surface area contributed by atoms with Crippen molar-refractivity contribution in [2.45, 2.75) is 6.54 Å². The molecule has 0 atom stereocenters. The van der Waals surface area contributed by atoms with Crippen molar-refractivity contribution < 1.29 is 14.3 Å². The van der Waals surface area contributed by atoms with Crippen molar-refractivity contribution in [1.29, 1.82) is 0 Å². The molecule has 1 N–H and O–H groups in total. The van der Waals surface area contributed by atoms with Crippen LogP contribution in [-0.2, 0) is 16.1 Å². The topological polar surface area (TPSA) is 90.3 Å². The highest BCUT2D eigenvalue weighted by Crippen LogP contribution is 2.05. The van der Waals surface area contributed by atoms with Crippen LogP contribution in [0, 0.1) is 0 Å². The number of ether oxygens (including phenoxy) is 1. The molecule has 0 aliphatic carbocycles. The number of anilines is 1. The molecule has 0 bridgehead atoms. The molecule has 3 aromatic rings. The van der Waals surface area contributed by atoms with E-state index in [9.17, 15) is 14.4 Å². The van der Waals surface area contributed by atoms with Crippen LogP contribution in [0.3, 0.4) is 0 Å². The largest absolute Gasteiger partial charge is 0.451 e. The average molecular weight is 363 g/mol. The molecule has 0 saturated carbocycles. The maximum atomic E-state index is 12.1. The first-order chi connectivity index (χ1) is 13.1. The van der Waals surface area contributed by atoms with E-state index in [0.29, 0.717) is 5.69 Å². The lowest BCUT2D eigenvalue weighted by Crippen LogP contribution is -2.26. The molecule has 3 rings (SSSR count). The smallest absolute Gasteiger partial charge is 0.359 e. The van der Waals surface area contributed by atoms with Crippen LogP contribution in [0.15, 0.2) is 77.6 Å². The molecule has 7 heteroatoms. The Labute approximate surface area is 155 Å². The molecule has 0 saturated heterocycles. The summed E-state index contributed by atoms with van der Waals surface area (Å²) in [5, 5.41) is 6.64. The predicted molar refractivity (Wildman–Crippen MR) is 99.4 cm³/mol. The van der Waals surface area contributed by atoms with Crippen molar-refractivity contribution in [1.82, 2.24) is 9.78 Å². The molecule has 2 aromatic carbocycles. The second-order valence-electron chi connectivity index (χ2n) is 5.69. The number of hydrogen-bond donors (Lipinski definition) is 1. The Bertz CT molecular complexity index is 985. The van der Waals surface area contributed by atoms with Crippen LogP contribution in [0.4, 0.5) is 5.69 Å². The number of nitrogens with one attached hydrogen (secondary N) is 1. The van der Waals surface area contributed by atoms with Crippen molar-refractivity contribution in [3.63, 3.8) is 0 Å². The standard InChI is InChI=1S/C20H17N3O4/c24-18(21-16-9-5-2-6-10-16)14-27-20(26)17-11-12-19(25)23(22-17)13-15-7-3-1-4-8-15/h1-12H,13-14H2,(H,21,24). The van der Waals surface area contributed by atoms with Crippen molar-refractivity contribution >= 4 is 17.6 Å². The van der Waals surface area contributed by atoms with Crippen LogP contribution in [0.25, 0.3) is 0 Å². The number of rotatable bonds is 6. The van der Waals surface area contributed by atoms with E-state index < -0.39 is 18.5 Å². The molecule has 1 amide bonds. The summed E-state index contributed by atoms with van der Waals surface area (Å²) in [6.07, 6.45) is 0. The van der Waals surface area contributed by atoms with Crippen molar-refractivity contribution in [3.8, 4) is 0 Å². The number of benzene rings is 2. The van der Waals surface area contributed by atoms with Crippen molar-refractivity contribution in [3.05, 3.63) is 94.4 Å². The molecular weight excluding hydrogens is 346 g/mol. The van der Waals surface area contributed by atoms with Gasteiger partial charge in [-0.3, -0.25) is 9.59 Å². The molecule has 136 valence electrons. The maximum Gasteiger partial charge on any atom is 0.359 e. The lowest BCUT2D eigenvalue weighted by atomic mass is 10.2. The first-order valence-corrected chi connectivity index (χ1v) is 8.26. The van der Waals surface area contributed by atoms with Gasteiger partial charge in [0.15, 0.2) is 12.3 Å². The van der Waals surface area contributed by atoms with Crippen molar-refractivity contribution in [2.75, 3.05) is 11.9 Å². The van der Waals surface area contributed by atoms with Gasteiger partial charge < -0.3 is 10.1 Å². The van der Waals surface area contributed by atoms with Crippen LogP contribution in [0.2, 0.25) is 0 Å². The number of nitrogens with zero attached hydrogens (tertiary/aromatic N) is 2. The lowest BCUT2D eigenvalue weighted by molar-refractivity contribution is -0.119. The molecule has 0 fully saturated rings. The van der Waals surface area contributed by atoms with E-state index in [4.69, 9.17) is 4.74 Å². The molecule has 7 nitrogen and oxygen atoms in total. The summed E-state index contributed by atoms with van der Waals surface area (Å²) in [6, 6.07) is 20.6. The van der Waals surface area contributed by atoms with E-state index in [1.54, 1.807) is 24.3 Å². The number of para-hydroxylation sites is 1. The predicted octanol–water partition coefficient (Wildman–Crippen LogP) is 2.09. The highest BCUT2D eigenvalue weighted by atomic mass is 16.5. The summed E-state index contributed by atoms with van der Waals surface area (Å²) < 4.78 is 6.15. The highest BCUT2D eigenvalue weighted by Gasteiger charge is 2.13. The van der Waals surface area contributed by atoms with E-state index >= 15 is 0 Å². The van der Waals surface area contributed by atoms with E-state index in [2.05, 4.69) is 10.4 Å². The van der Waals surface area contributed by atoms with E-state index in [0.717, 1.165) is 5.56 Å². The van der Waals surface area contributed by atoms with Gasteiger partial charge in [0.1, 0.15) is 0 Å². The van der Waals surface area contributed by atoms with Gasteiger partial charge in [0.25, 0.3) is 11.5 Å². The molecule has 0 radical (unpaired) electrons. The maximum absolute atomic E-state index is 12.1. The van der Waals surface area contributed by atoms with E-state index in [1.165, 1.54) is 16.8 Å². The molecule has 27 heavy (non-hydrogen) atoms. The van der Waals surface area contributed by atoms with Gasteiger partial charge in [0.2, 0.25) is 0 Å². The summed E-state index contributed by atoms with van der Waals surface area (Å²) in [7, 11) is 0. The van der Waals surface area contributed by atoms with Crippen LogP contribution in [0.5, 0.6) is 0 Å². The van der Waals surface area contributed by atoms with Gasteiger partial charge in [-0.05, 0) is 23.8 Å². The van der Waals surface area contributed by atoms with Crippen LogP contribution in [-0.4, -0.2) is 28.3 Å². The van der Waals surface area contributed by atoms with Gasteiger partial charge in [-0.1, -0.05) is 48.5 Å². The SMILES string of the molecule is O=C(COC(=O)c1ccc(=O)n(Cc2ccccc2)n1)Nc1ccccc1. The number of amides is 1. The van der Waals surface area contributed by atoms with Crippen LogP contribution < -0.4 is 10.9 Å². The number of aromatic nitrogens is 2. The molecule has 1 aromatic heterocycles. The molecule has 0 unspecified atom stereocenters. The Morgan fingerprint density at radius 2 is 1.59 bits per heavy atom. The van der Waals surface area contributed by atoms with Gasteiger partial charge in [-0.2, -0.15) is 5.10 Å². The second kappa shape index (κ2) is 8.57. The van der Waals surface area contributed by atoms with Crippen LogP contribution >= 0.6 is 0 Å². The Hall–Kier alpha value is -3.74. The second-order valence-corrected chi connectivity index (χ2v) is 5.69. The fraction of sp³-hybridized carbons (Fsp3) is 0.100.